The van der Waals surface area contributed by atoms with Crippen molar-refractivity contribution < 1.29 is 18.7 Å². The molecule has 0 bridgehead atoms. The van der Waals surface area contributed by atoms with E-state index in [9.17, 15) is 9.59 Å². The first-order chi connectivity index (χ1) is 22.7. The number of halogens is 1. The van der Waals surface area contributed by atoms with Crippen LogP contribution in [0.1, 0.15) is 45.1 Å². The van der Waals surface area contributed by atoms with Crippen molar-refractivity contribution in [1.82, 2.24) is 29.7 Å². The van der Waals surface area contributed by atoms with Gasteiger partial charge in [0.05, 0.1) is 28.5 Å². The van der Waals surface area contributed by atoms with Gasteiger partial charge in [-0.3, -0.25) is 14.6 Å². The minimum Gasteiger partial charge on any atom is -0.461 e. The van der Waals surface area contributed by atoms with E-state index in [2.05, 4.69) is 32.5 Å². The standard InChI is InChI=1S/C35H36ClN7O4/c1-19-23(25-15-38-16-28(20(25)2)40-33(44)32-39-29-17-42(3)11-9-30(29)43(32)4)6-5-7-24(19)34-41-27-13-21(12-26(36)31(27)47-34)18-46-35(45)22-8-10-37-14-22/h5-7,12-13,15-16,22,37H,8-11,14,17-18H2,1-4H3,(H,40,44). The second-order valence-electron chi connectivity index (χ2n) is 12.4. The van der Waals surface area contributed by atoms with Gasteiger partial charge < -0.3 is 29.3 Å². The molecule has 0 saturated carbocycles. The van der Waals surface area contributed by atoms with E-state index in [4.69, 9.17) is 25.7 Å². The first-order valence-electron chi connectivity index (χ1n) is 15.7. The number of rotatable bonds is 7. The molecule has 0 spiro atoms. The Morgan fingerprint density at radius 3 is 2.74 bits per heavy atom. The number of pyridine rings is 1. The third kappa shape index (κ3) is 5.90. The molecule has 242 valence electrons. The molecule has 0 aliphatic carbocycles. The summed E-state index contributed by atoms with van der Waals surface area (Å²) in [7, 11) is 3.95. The van der Waals surface area contributed by atoms with E-state index in [1.807, 2.05) is 49.7 Å². The molecule has 1 fully saturated rings. The zero-order valence-corrected chi connectivity index (χ0v) is 27.6. The van der Waals surface area contributed by atoms with E-state index >= 15 is 0 Å². The van der Waals surface area contributed by atoms with Crippen molar-refractivity contribution in [2.24, 2.45) is 13.0 Å². The number of aromatic nitrogens is 4. The number of anilines is 1. The average Bonchev–Trinajstić information content (AvgIpc) is 3.81. The predicted octanol–water partition coefficient (Wildman–Crippen LogP) is 5.45. The van der Waals surface area contributed by atoms with Crippen LogP contribution in [0.2, 0.25) is 5.02 Å². The number of nitrogens with one attached hydrogen (secondary N) is 2. The minimum absolute atomic E-state index is 0.112. The third-order valence-corrected chi connectivity index (χ3v) is 9.53. The fraction of sp³-hybridized carbons (Fsp3) is 0.343. The summed E-state index contributed by atoms with van der Waals surface area (Å²) in [6.07, 6.45) is 5.10. The third-order valence-electron chi connectivity index (χ3n) is 9.25. The highest BCUT2D eigenvalue weighted by atomic mass is 35.5. The van der Waals surface area contributed by atoms with Gasteiger partial charge in [-0.2, -0.15) is 0 Å². The maximum Gasteiger partial charge on any atom is 0.310 e. The Kier molecular flexibility index (Phi) is 8.29. The number of likely N-dealkylation sites (N-methyl/N-ethyl adjacent to an activating group) is 1. The first-order valence-corrected chi connectivity index (χ1v) is 16.1. The number of carbonyl (C=O) groups is 2. The van der Waals surface area contributed by atoms with Gasteiger partial charge in [0.15, 0.2) is 11.4 Å². The van der Waals surface area contributed by atoms with Crippen LogP contribution in [-0.4, -0.2) is 63.0 Å². The molecule has 1 unspecified atom stereocenters. The number of ether oxygens (including phenoxy) is 1. The lowest BCUT2D eigenvalue weighted by Gasteiger charge is -2.21. The van der Waals surface area contributed by atoms with Crippen molar-refractivity contribution >= 4 is 40.3 Å². The number of amides is 1. The SMILES string of the molecule is Cc1c(NC(=O)c2nc3c(n2C)CCN(C)C3)cncc1-c1cccc(-c2nc3cc(COC(=O)C4CCNC4)cc(Cl)c3o2)c1C. The Balaban J connectivity index is 1.14. The van der Waals surface area contributed by atoms with Crippen LogP contribution in [0.3, 0.4) is 0 Å². The molecule has 47 heavy (non-hydrogen) atoms. The minimum atomic E-state index is -0.273. The molecular weight excluding hydrogens is 618 g/mol. The Hall–Kier alpha value is -4.58. The van der Waals surface area contributed by atoms with Gasteiger partial charge in [0, 0.05) is 56.1 Å². The number of fused-ring (bicyclic) bond motifs is 2. The normalized spacial score (nSPS) is 16.4. The first kappa shape index (κ1) is 31.0. The fourth-order valence-electron chi connectivity index (χ4n) is 6.50. The van der Waals surface area contributed by atoms with E-state index in [1.54, 1.807) is 18.5 Å². The number of nitrogens with zero attached hydrogens (tertiary/aromatic N) is 5. The molecule has 2 aliphatic rings. The molecule has 3 aromatic heterocycles. The quantitative estimate of drug-likeness (QED) is 0.220. The number of oxazole rings is 1. The second-order valence-corrected chi connectivity index (χ2v) is 12.8. The van der Waals surface area contributed by atoms with Crippen LogP contribution in [0.15, 0.2) is 47.1 Å². The van der Waals surface area contributed by atoms with Crippen molar-refractivity contribution in [2.75, 3.05) is 32.0 Å². The van der Waals surface area contributed by atoms with Gasteiger partial charge in [0.1, 0.15) is 12.1 Å². The van der Waals surface area contributed by atoms with Crippen molar-refractivity contribution in [3.05, 3.63) is 81.7 Å². The molecule has 0 radical (unpaired) electrons. The molecule has 7 rings (SSSR count). The van der Waals surface area contributed by atoms with Gasteiger partial charge in [-0.15, -0.1) is 0 Å². The van der Waals surface area contributed by atoms with Crippen LogP contribution in [0.25, 0.3) is 33.7 Å². The van der Waals surface area contributed by atoms with E-state index < -0.39 is 0 Å². The molecule has 11 nitrogen and oxygen atoms in total. The molecule has 2 aromatic carbocycles. The molecule has 1 atom stereocenters. The molecular formula is C35H36ClN7O4. The van der Waals surface area contributed by atoms with E-state index in [1.165, 1.54) is 0 Å². The van der Waals surface area contributed by atoms with Gasteiger partial charge in [-0.25, -0.2) is 9.97 Å². The number of benzene rings is 2. The van der Waals surface area contributed by atoms with E-state index in [0.717, 1.165) is 77.2 Å². The number of carbonyl (C=O) groups excluding carboxylic acids is 2. The molecule has 5 heterocycles. The van der Waals surface area contributed by atoms with Crippen molar-refractivity contribution in [3.8, 4) is 22.6 Å². The fourth-order valence-corrected chi connectivity index (χ4v) is 6.77. The Morgan fingerprint density at radius 2 is 1.94 bits per heavy atom. The lowest BCUT2D eigenvalue weighted by Crippen LogP contribution is -2.27. The van der Waals surface area contributed by atoms with Crippen molar-refractivity contribution in [3.63, 3.8) is 0 Å². The Morgan fingerprint density at radius 1 is 1.11 bits per heavy atom. The Bertz CT molecular complexity index is 2030. The molecule has 5 aromatic rings. The molecule has 12 heteroatoms. The van der Waals surface area contributed by atoms with Crippen LogP contribution in [0.5, 0.6) is 0 Å². The van der Waals surface area contributed by atoms with Crippen LogP contribution in [0.4, 0.5) is 5.69 Å². The zero-order chi connectivity index (χ0) is 32.8. The van der Waals surface area contributed by atoms with Gasteiger partial charge >= 0.3 is 5.97 Å². The van der Waals surface area contributed by atoms with Crippen LogP contribution >= 0.6 is 11.6 Å². The van der Waals surface area contributed by atoms with Gasteiger partial charge in [-0.05, 0) is 74.3 Å². The maximum absolute atomic E-state index is 13.4. The topological polar surface area (TPSA) is 127 Å². The summed E-state index contributed by atoms with van der Waals surface area (Å²) in [6.45, 7) is 7.21. The van der Waals surface area contributed by atoms with Crippen LogP contribution < -0.4 is 10.6 Å². The zero-order valence-electron chi connectivity index (χ0n) is 26.8. The smallest absolute Gasteiger partial charge is 0.310 e. The largest absolute Gasteiger partial charge is 0.461 e. The van der Waals surface area contributed by atoms with Crippen LogP contribution in [-0.2, 0) is 36.2 Å². The predicted molar refractivity (Wildman–Crippen MR) is 179 cm³/mol. The number of hydrogen-bond donors (Lipinski definition) is 2. The van der Waals surface area contributed by atoms with Gasteiger partial charge in [0.25, 0.3) is 5.91 Å². The summed E-state index contributed by atoms with van der Waals surface area (Å²) in [5, 5.41) is 6.63. The molecule has 2 aliphatic heterocycles. The number of hydrogen-bond acceptors (Lipinski definition) is 9. The van der Waals surface area contributed by atoms with Crippen molar-refractivity contribution in [1.29, 1.82) is 0 Å². The maximum atomic E-state index is 13.4. The monoisotopic (exact) mass is 653 g/mol. The highest BCUT2D eigenvalue weighted by Crippen LogP contribution is 2.37. The van der Waals surface area contributed by atoms with Crippen molar-refractivity contribution in [2.45, 2.75) is 39.8 Å². The summed E-state index contributed by atoms with van der Waals surface area (Å²) in [4.78, 5) is 41.9. The number of imidazole rings is 1. The summed E-state index contributed by atoms with van der Waals surface area (Å²) in [6, 6.07) is 9.49. The van der Waals surface area contributed by atoms with Gasteiger partial charge in [0.2, 0.25) is 5.89 Å². The number of esters is 1. The summed E-state index contributed by atoms with van der Waals surface area (Å²) in [5.41, 5.74) is 8.86. The highest BCUT2D eigenvalue weighted by Gasteiger charge is 2.26. The summed E-state index contributed by atoms with van der Waals surface area (Å²) in [5.74, 6) is 0.205. The summed E-state index contributed by atoms with van der Waals surface area (Å²) >= 11 is 6.61. The van der Waals surface area contributed by atoms with Gasteiger partial charge in [-0.1, -0.05) is 23.7 Å². The summed E-state index contributed by atoms with van der Waals surface area (Å²) < 4.78 is 13.6. The van der Waals surface area contributed by atoms with E-state index in [0.29, 0.717) is 40.1 Å². The van der Waals surface area contributed by atoms with Crippen LogP contribution in [0, 0.1) is 19.8 Å². The molecule has 1 saturated heterocycles. The lowest BCUT2D eigenvalue weighted by molar-refractivity contribution is -0.149. The highest BCUT2D eigenvalue weighted by molar-refractivity contribution is 6.34. The average molecular weight is 654 g/mol. The molecule has 1 amide bonds. The van der Waals surface area contributed by atoms with E-state index in [-0.39, 0.29) is 24.4 Å². The lowest BCUT2D eigenvalue weighted by atomic mass is 9.94. The molecule has 2 N–H and O–H groups in total. The Labute approximate surface area is 277 Å². The second kappa shape index (κ2) is 12.6.